The number of ether oxygens (including phenoxy) is 2. The summed E-state index contributed by atoms with van der Waals surface area (Å²) in [5.74, 6) is -3.13. The van der Waals surface area contributed by atoms with Crippen LogP contribution in [0.25, 0.3) is 0 Å². The highest BCUT2D eigenvalue weighted by Gasteiger charge is 2.38. The molecule has 0 rings (SSSR count). The predicted molar refractivity (Wildman–Crippen MR) is 76.4 cm³/mol. The van der Waals surface area contributed by atoms with E-state index < -0.39 is 48.5 Å². The molecule has 0 aliphatic heterocycles. The number of nitrogens with two attached hydrogens (primary N) is 1. The minimum absolute atomic E-state index is 0.104. The van der Waals surface area contributed by atoms with Crippen LogP contribution in [-0.2, 0) is 28.7 Å². The van der Waals surface area contributed by atoms with Gasteiger partial charge in [0.1, 0.15) is 12.6 Å². The topological polar surface area (TPSA) is 136 Å². The van der Waals surface area contributed by atoms with Gasteiger partial charge in [-0.2, -0.15) is 0 Å². The molecule has 0 aromatic heterocycles. The molecule has 0 saturated heterocycles. The Morgan fingerprint density at radius 1 is 1.09 bits per heavy atom. The Balaban J connectivity index is 5.03. The summed E-state index contributed by atoms with van der Waals surface area (Å²) in [6.45, 7) is 3.71. The quantitative estimate of drug-likeness (QED) is 0.396. The number of carbonyl (C=O) groups is 4. The van der Waals surface area contributed by atoms with Gasteiger partial charge < -0.3 is 25.1 Å². The van der Waals surface area contributed by atoms with Gasteiger partial charge in [0.2, 0.25) is 0 Å². The minimum atomic E-state index is -1.40. The minimum Gasteiger partial charge on any atom is -0.550 e. The Hall–Kier alpha value is -2.00. The number of hydrogen-bond donors (Lipinski definition) is 1. The van der Waals surface area contributed by atoms with Crippen LogP contribution in [0, 0.1) is 0 Å². The number of carboxylic acid groups (broad SMARTS) is 1. The first-order chi connectivity index (χ1) is 10.4. The third kappa shape index (κ3) is 7.71. The summed E-state index contributed by atoms with van der Waals surface area (Å²) in [5, 5.41) is 10.7. The molecule has 3 unspecified atom stereocenters. The number of carbonyl (C=O) groups excluding carboxylic acids is 4. The Morgan fingerprint density at radius 3 is 1.96 bits per heavy atom. The van der Waals surface area contributed by atoms with Crippen LogP contribution < -0.4 is 10.8 Å². The van der Waals surface area contributed by atoms with Gasteiger partial charge in [-0.15, -0.1) is 0 Å². The Labute approximate surface area is 134 Å². The number of esters is 2. The zero-order valence-corrected chi connectivity index (χ0v) is 14.0. The molecule has 0 bridgehead atoms. The molecule has 9 nitrogen and oxygen atoms in total. The normalized spacial score (nSPS) is 15.2. The first kappa shape index (κ1) is 21.0. The number of nitrogens with zero attached hydrogens (tertiary/aromatic N) is 1. The van der Waals surface area contributed by atoms with Crippen LogP contribution in [0.4, 0.5) is 0 Å². The van der Waals surface area contributed by atoms with Crippen molar-refractivity contribution < 1.29 is 38.2 Å². The molecule has 0 saturated carbocycles. The maximum Gasteiger partial charge on any atom is 0.334 e. The number of rotatable bonds is 8. The van der Waals surface area contributed by atoms with Crippen molar-refractivity contribution in [3.05, 3.63) is 0 Å². The molecule has 23 heavy (non-hydrogen) atoms. The van der Waals surface area contributed by atoms with Gasteiger partial charge in [0.15, 0.2) is 12.1 Å². The predicted octanol–water partition coefficient (Wildman–Crippen LogP) is -2.06. The zero-order chi connectivity index (χ0) is 18.4. The fourth-order valence-electron chi connectivity index (χ4n) is 2.10. The molecule has 1 amide bonds. The Kier molecular flexibility index (Phi) is 7.84. The molecular weight excluding hydrogens is 308 g/mol. The third-order valence-electron chi connectivity index (χ3n) is 3.13. The number of amides is 1. The molecule has 0 aliphatic carbocycles. The summed E-state index contributed by atoms with van der Waals surface area (Å²) in [6.07, 6.45) is -2.41. The molecule has 3 atom stereocenters. The van der Waals surface area contributed by atoms with E-state index >= 15 is 0 Å². The van der Waals surface area contributed by atoms with Crippen molar-refractivity contribution in [1.82, 2.24) is 0 Å². The van der Waals surface area contributed by atoms with E-state index in [1.54, 1.807) is 0 Å². The zero-order valence-electron chi connectivity index (χ0n) is 14.0. The van der Waals surface area contributed by atoms with Crippen LogP contribution in [0.1, 0.15) is 27.2 Å². The maximum absolute atomic E-state index is 12.4. The monoisotopic (exact) mass is 332 g/mol. The number of likely N-dealkylation sites (N-methyl/N-ethyl adjacent to an activating group) is 1. The summed E-state index contributed by atoms with van der Waals surface area (Å²) in [6, 6.07) is -1.10. The number of quaternary nitrogens is 1. The van der Waals surface area contributed by atoms with E-state index in [9.17, 15) is 24.3 Å². The van der Waals surface area contributed by atoms with Gasteiger partial charge in [-0.05, 0) is 6.92 Å². The van der Waals surface area contributed by atoms with Crippen LogP contribution in [0.15, 0.2) is 0 Å². The second kappa shape index (κ2) is 8.59. The molecule has 2 N–H and O–H groups in total. The van der Waals surface area contributed by atoms with Crippen molar-refractivity contribution in [2.45, 2.75) is 45.4 Å². The molecule has 0 fully saturated rings. The van der Waals surface area contributed by atoms with Crippen LogP contribution in [0.3, 0.4) is 0 Å². The van der Waals surface area contributed by atoms with E-state index in [2.05, 4.69) is 0 Å². The fraction of sp³-hybridized carbons (Fsp3) is 0.714. The van der Waals surface area contributed by atoms with E-state index in [-0.39, 0.29) is 11.0 Å². The molecule has 132 valence electrons. The highest BCUT2D eigenvalue weighted by molar-refractivity contribution is 5.76. The van der Waals surface area contributed by atoms with Crippen molar-refractivity contribution in [3.8, 4) is 0 Å². The second-order valence-corrected chi connectivity index (χ2v) is 5.85. The second-order valence-electron chi connectivity index (χ2n) is 5.85. The van der Waals surface area contributed by atoms with E-state index in [0.717, 1.165) is 6.92 Å². The van der Waals surface area contributed by atoms with Crippen LogP contribution in [0.5, 0.6) is 0 Å². The van der Waals surface area contributed by atoms with Gasteiger partial charge in [-0.1, -0.05) is 0 Å². The summed E-state index contributed by atoms with van der Waals surface area (Å²) in [4.78, 5) is 45.2. The first-order valence-electron chi connectivity index (χ1n) is 7.04. The van der Waals surface area contributed by atoms with Gasteiger partial charge in [0, 0.05) is 26.2 Å². The lowest BCUT2D eigenvalue weighted by Gasteiger charge is -2.33. The smallest absolute Gasteiger partial charge is 0.334 e. The van der Waals surface area contributed by atoms with Crippen molar-refractivity contribution in [2.24, 2.45) is 5.73 Å². The molecule has 0 aromatic rings. The van der Waals surface area contributed by atoms with Gasteiger partial charge in [-0.3, -0.25) is 14.1 Å². The SMILES string of the molecule is CC(=O)OC(CC(=O)[O-])C[N+](C)(C)C(=O)C(N)C(C)OC(C)=O. The number of aliphatic carboxylic acids is 1. The third-order valence-corrected chi connectivity index (χ3v) is 3.13. The summed E-state index contributed by atoms with van der Waals surface area (Å²) in [5.41, 5.74) is 5.79. The van der Waals surface area contributed by atoms with Gasteiger partial charge >= 0.3 is 17.8 Å². The van der Waals surface area contributed by atoms with Crippen LogP contribution >= 0.6 is 0 Å². The Bertz CT molecular complexity index is 460. The Morgan fingerprint density at radius 2 is 1.57 bits per heavy atom. The number of carboxylic acids is 1. The van der Waals surface area contributed by atoms with E-state index in [1.807, 2.05) is 0 Å². The summed E-state index contributed by atoms with van der Waals surface area (Å²) >= 11 is 0. The van der Waals surface area contributed by atoms with E-state index in [1.165, 1.54) is 27.9 Å². The molecule has 0 radical (unpaired) electrons. The lowest BCUT2D eigenvalue weighted by molar-refractivity contribution is -0.818. The molecule has 0 aliphatic rings. The largest absolute Gasteiger partial charge is 0.550 e. The van der Waals surface area contributed by atoms with Crippen molar-refractivity contribution in [3.63, 3.8) is 0 Å². The van der Waals surface area contributed by atoms with Crippen molar-refractivity contribution >= 4 is 23.8 Å². The molecular formula is C14H24N2O7. The average Bonchev–Trinajstić information content (AvgIpc) is 2.33. The lowest BCUT2D eigenvalue weighted by atomic mass is 10.1. The number of hydrogen-bond acceptors (Lipinski definition) is 8. The lowest BCUT2D eigenvalue weighted by Crippen LogP contribution is -2.60. The van der Waals surface area contributed by atoms with E-state index in [4.69, 9.17) is 15.2 Å². The van der Waals surface area contributed by atoms with E-state index in [0.29, 0.717) is 0 Å². The molecule has 0 aromatic carbocycles. The maximum atomic E-state index is 12.4. The summed E-state index contributed by atoms with van der Waals surface area (Å²) < 4.78 is 9.43. The van der Waals surface area contributed by atoms with Gasteiger partial charge in [0.05, 0.1) is 14.1 Å². The van der Waals surface area contributed by atoms with Gasteiger partial charge in [0.25, 0.3) is 0 Å². The highest BCUT2D eigenvalue weighted by atomic mass is 16.5. The molecule has 0 spiro atoms. The van der Waals surface area contributed by atoms with Crippen LogP contribution in [-0.4, -0.2) is 67.2 Å². The average molecular weight is 332 g/mol. The molecule has 0 heterocycles. The molecule has 9 heteroatoms. The first-order valence-corrected chi connectivity index (χ1v) is 7.04. The van der Waals surface area contributed by atoms with Crippen molar-refractivity contribution in [2.75, 3.05) is 20.6 Å². The van der Waals surface area contributed by atoms with Crippen molar-refractivity contribution in [1.29, 1.82) is 0 Å². The fourth-order valence-corrected chi connectivity index (χ4v) is 2.10. The standard InChI is InChI=1S/C14H24N2O7/c1-8(22-9(2)17)13(15)14(21)16(4,5)7-11(6-12(19)20)23-10(3)18/h8,11,13H,6-7,15H2,1-5H3. The van der Waals surface area contributed by atoms with Crippen LogP contribution in [0.2, 0.25) is 0 Å². The van der Waals surface area contributed by atoms with Gasteiger partial charge in [-0.25, -0.2) is 4.79 Å². The highest BCUT2D eigenvalue weighted by Crippen LogP contribution is 2.12. The summed E-state index contributed by atoms with van der Waals surface area (Å²) in [7, 11) is 2.99.